The summed E-state index contributed by atoms with van der Waals surface area (Å²) in [5.41, 5.74) is 0. The zero-order chi connectivity index (χ0) is 16.0. The molecule has 0 aromatic carbocycles. The largest absolute Gasteiger partial charge is 0.481 e. The Morgan fingerprint density at radius 1 is 1.24 bits per heavy atom. The summed E-state index contributed by atoms with van der Waals surface area (Å²) >= 11 is 0. The summed E-state index contributed by atoms with van der Waals surface area (Å²) in [6, 6.07) is -0.294. The van der Waals surface area contributed by atoms with Gasteiger partial charge < -0.3 is 20.2 Å². The van der Waals surface area contributed by atoms with Crippen LogP contribution >= 0.6 is 0 Å². The summed E-state index contributed by atoms with van der Waals surface area (Å²) in [4.78, 5) is 38.0. The molecule has 0 aromatic rings. The van der Waals surface area contributed by atoms with Crippen LogP contribution in [-0.2, 0) is 9.59 Å². The molecule has 0 saturated carbocycles. The molecule has 7 heteroatoms. The van der Waals surface area contributed by atoms with Crippen LogP contribution in [0.4, 0.5) is 4.79 Å². The second-order valence-electron chi connectivity index (χ2n) is 5.37. The fourth-order valence-corrected chi connectivity index (χ4v) is 2.58. The summed E-state index contributed by atoms with van der Waals surface area (Å²) in [7, 11) is 0. The van der Waals surface area contributed by atoms with Crippen molar-refractivity contribution < 1.29 is 19.5 Å². The number of carbonyl (C=O) groups is 3. The van der Waals surface area contributed by atoms with Gasteiger partial charge >= 0.3 is 12.0 Å². The van der Waals surface area contributed by atoms with Crippen LogP contribution in [0.15, 0.2) is 0 Å². The lowest BCUT2D eigenvalue weighted by Crippen LogP contribution is -2.41. The van der Waals surface area contributed by atoms with Gasteiger partial charge in [0.05, 0.1) is 5.92 Å². The maximum atomic E-state index is 11.9. The first-order valence-corrected chi connectivity index (χ1v) is 7.44. The number of hydrogen-bond donors (Lipinski definition) is 2. The molecule has 1 fully saturated rings. The minimum Gasteiger partial charge on any atom is -0.481 e. The molecular formula is C14H25N3O4. The Labute approximate surface area is 125 Å². The zero-order valence-electron chi connectivity index (χ0n) is 13.0. The number of carboxylic acid groups (broad SMARTS) is 1. The summed E-state index contributed by atoms with van der Waals surface area (Å²) in [5.74, 6) is -1.41. The number of rotatable bonds is 6. The summed E-state index contributed by atoms with van der Waals surface area (Å²) < 4.78 is 0. The fourth-order valence-electron chi connectivity index (χ4n) is 2.58. The number of hydrogen-bond acceptors (Lipinski definition) is 3. The van der Waals surface area contributed by atoms with E-state index >= 15 is 0 Å². The smallest absolute Gasteiger partial charge is 0.317 e. The van der Waals surface area contributed by atoms with E-state index in [0.29, 0.717) is 19.6 Å². The molecule has 0 spiro atoms. The number of nitrogens with one attached hydrogen (secondary N) is 1. The van der Waals surface area contributed by atoms with Crippen molar-refractivity contribution in [3.05, 3.63) is 0 Å². The van der Waals surface area contributed by atoms with Gasteiger partial charge in [-0.2, -0.15) is 0 Å². The van der Waals surface area contributed by atoms with E-state index in [1.165, 1.54) is 4.90 Å². The number of urea groups is 1. The van der Waals surface area contributed by atoms with Crippen molar-refractivity contribution >= 4 is 17.9 Å². The fraction of sp³-hybridized carbons (Fsp3) is 0.786. The van der Waals surface area contributed by atoms with Crippen LogP contribution in [0.5, 0.6) is 0 Å². The molecule has 1 rings (SSSR count). The molecule has 120 valence electrons. The molecule has 2 N–H and O–H groups in total. The third-order valence-corrected chi connectivity index (χ3v) is 3.95. The van der Waals surface area contributed by atoms with Gasteiger partial charge in [-0.25, -0.2) is 4.79 Å². The third kappa shape index (κ3) is 4.61. The zero-order valence-corrected chi connectivity index (χ0v) is 13.0. The molecule has 0 aromatic heterocycles. The Hall–Kier alpha value is -1.79. The highest BCUT2D eigenvalue weighted by molar-refractivity contribution is 5.79. The molecule has 1 aliphatic heterocycles. The minimum absolute atomic E-state index is 0.0125. The van der Waals surface area contributed by atoms with Crippen molar-refractivity contribution in [1.29, 1.82) is 0 Å². The SMILES string of the molecule is CCN(CC)C(=O)CCNC(=O)N1C[C@@H](C)[C@H](C(=O)O)C1. The number of likely N-dealkylation sites (tertiary alicyclic amines) is 1. The third-order valence-electron chi connectivity index (χ3n) is 3.95. The monoisotopic (exact) mass is 299 g/mol. The quantitative estimate of drug-likeness (QED) is 0.752. The van der Waals surface area contributed by atoms with E-state index in [1.807, 2.05) is 20.8 Å². The van der Waals surface area contributed by atoms with Gasteiger partial charge in [0.15, 0.2) is 0 Å². The van der Waals surface area contributed by atoms with E-state index in [4.69, 9.17) is 5.11 Å². The number of amides is 3. The molecule has 0 bridgehead atoms. The Bertz CT molecular complexity index is 396. The molecule has 3 amide bonds. The number of aliphatic carboxylic acids is 1. The van der Waals surface area contributed by atoms with Crippen molar-refractivity contribution in [2.75, 3.05) is 32.7 Å². The molecule has 1 heterocycles. The average Bonchev–Trinajstić information content (AvgIpc) is 2.82. The van der Waals surface area contributed by atoms with Gasteiger partial charge in [0.25, 0.3) is 0 Å². The molecule has 0 unspecified atom stereocenters. The van der Waals surface area contributed by atoms with E-state index in [2.05, 4.69) is 5.32 Å². The van der Waals surface area contributed by atoms with Crippen LogP contribution in [0.1, 0.15) is 27.2 Å². The summed E-state index contributed by atoms with van der Waals surface area (Å²) in [5, 5.41) is 11.7. The molecule has 7 nitrogen and oxygen atoms in total. The maximum Gasteiger partial charge on any atom is 0.317 e. The first kappa shape index (κ1) is 17.3. The Morgan fingerprint density at radius 2 is 1.86 bits per heavy atom. The second-order valence-corrected chi connectivity index (χ2v) is 5.37. The van der Waals surface area contributed by atoms with Crippen LogP contribution < -0.4 is 5.32 Å². The average molecular weight is 299 g/mol. The van der Waals surface area contributed by atoms with Gasteiger partial charge in [-0.1, -0.05) is 6.92 Å². The first-order chi connectivity index (χ1) is 9.90. The first-order valence-electron chi connectivity index (χ1n) is 7.44. The van der Waals surface area contributed by atoms with Gasteiger partial charge in [-0.3, -0.25) is 9.59 Å². The summed E-state index contributed by atoms with van der Waals surface area (Å²) in [6.07, 6.45) is 0.263. The van der Waals surface area contributed by atoms with Gasteiger partial charge in [0, 0.05) is 39.1 Å². The van der Waals surface area contributed by atoms with E-state index in [0.717, 1.165) is 0 Å². The standard InChI is InChI=1S/C14H25N3O4/c1-4-16(5-2)12(18)6-7-15-14(21)17-8-10(3)11(9-17)13(19)20/h10-11H,4-9H2,1-3H3,(H,15,21)(H,19,20)/t10-,11-/m1/s1. The number of nitrogens with zero attached hydrogens (tertiary/aromatic N) is 2. The highest BCUT2D eigenvalue weighted by Gasteiger charge is 2.36. The van der Waals surface area contributed by atoms with E-state index < -0.39 is 11.9 Å². The molecule has 1 aliphatic rings. The van der Waals surface area contributed by atoms with Crippen LogP contribution in [0.25, 0.3) is 0 Å². The Kier molecular flexibility index (Phi) is 6.45. The lowest BCUT2D eigenvalue weighted by molar-refractivity contribution is -0.142. The minimum atomic E-state index is -0.866. The van der Waals surface area contributed by atoms with Gasteiger partial charge in [0.1, 0.15) is 0 Å². The van der Waals surface area contributed by atoms with E-state index in [1.54, 1.807) is 4.90 Å². The highest BCUT2D eigenvalue weighted by Crippen LogP contribution is 2.22. The van der Waals surface area contributed by atoms with Crippen molar-refractivity contribution in [2.45, 2.75) is 27.2 Å². The Morgan fingerprint density at radius 3 is 2.33 bits per heavy atom. The van der Waals surface area contributed by atoms with E-state index in [9.17, 15) is 14.4 Å². The van der Waals surface area contributed by atoms with Crippen LogP contribution in [0.3, 0.4) is 0 Å². The molecule has 0 radical (unpaired) electrons. The number of carboxylic acids is 1. The molecule has 21 heavy (non-hydrogen) atoms. The Balaban J connectivity index is 2.35. The molecular weight excluding hydrogens is 274 g/mol. The van der Waals surface area contributed by atoms with Gasteiger partial charge in [-0.15, -0.1) is 0 Å². The van der Waals surface area contributed by atoms with Crippen LogP contribution in [-0.4, -0.2) is 65.5 Å². The van der Waals surface area contributed by atoms with Crippen molar-refractivity contribution in [3.8, 4) is 0 Å². The van der Waals surface area contributed by atoms with Crippen LogP contribution in [0.2, 0.25) is 0 Å². The maximum absolute atomic E-state index is 11.9. The normalized spacial score (nSPS) is 21.2. The van der Waals surface area contributed by atoms with Crippen LogP contribution in [0, 0.1) is 11.8 Å². The summed E-state index contributed by atoms with van der Waals surface area (Å²) in [6.45, 7) is 7.92. The topological polar surface area (TPSA) is 90.0 Å². The van der Waals surface area contributed by atoms with Gasteiger partial charge in [-0.05, 0) is 19.8 Å². The predicted octanol–water partition coefficient (Wildman–Crippen LogP) is 0.607. The second kappa shape index (κ2) is 7.85. The lowest BCUT2D eigenvalue weighted by atomic mass is 9.99. The van der Waals surface area contributed by atoms with Crippen molar-refractivity contribution in [1.82, 2.24) is 15.1 Å². The lowest BCUT2D eigenvalue weighted by Gasteiger charge is -2.20. The predicted molar refractivity (Wildman–Crippen MR) is 77.8 cm³/mol. The van der Waals surface area contributed by atoms with Gasteiger partial charge in [0.2, 0.25) is 5.91 Å². The molecule has 0 aliphatic carbocycles. The molecule has 2 atom stereocenters. The van der Waals surface area contributed by atoms with Crippen molar-refractivity contribution in [3.63, 3.8) is 0 Å². The molecule has 1 saturated heterocycles. The number of carbonyl (C=O) groups excluding carboxylic acids is 2. The highest BCUT2D eigenvalue weighted by atomic mass is 16.4. The van der Waals surface area contributed by atoms with Crippen molar-refractivity contribution in [2.24, 2.45) is 11.8 Å². The van der Waals surface area contributed by atoms with E-state index in [-0.39, 0.29) is 37.4 Å².